The van der Waals surface area contributed by atoms with Crippen molar-refractivity contribution in [2.24, 2.45) is 5.73 Å². The summed E-state index contributed by atoms with van der Waals surface area (Å²) >= 11 is 0. The Morgan fingerprint density at radius 2 is 1.81 bits per heavy atom. The van der Waals surface area contributed by atoms with E-state index in [0.29, 0.717) is 22.6 Å². The number of carbonyl (C=O) groups excluding carboxylic acids is 2. The Hall–Kier alpha value is -3.88. The van der Waals surface area contributed by atoms with E-state index in [9.17, 15) is 18.8 Å². The van der Waals surface area contributed by atoms with E-state index in [1.54, 1.807) is 49.4 Å². The number of halogens is 1. The Balaban J connectivity index is 1.99. The largest absolute Gasteiger partial charge is 0.488 e. The lowest BCUT2D eigenvalue weighted by atomic mass is 9.87. The number of rotatable bonds is 10. The van der Waals surface area contributed by atoms with Crippen molar-refractivity contribution in [2.45, 2.75) is 32.3 Å². The smallest absolute Gasteiger partial charge is 0.311 e. The van der Waals surface area contributed by atoms with Gasteiger partial charge in [-0.3, -0.25) is 19.5 Å². The molecule has 0 unspecified atom stereocenters. The van der Waals surface area contributed by atoms with Gasteiger partial charge in [-0.1, -0.05) is 36.4 Å². The van der Waals surface area contributed by atoms with Gasteiger partial charge in [0.25, 0.3) is 5.56 Å². The minimum absolute atomic E-state index is 0.0494. The van der Waals surface area contributed by atoms with Gasteiger partial charge < -0.3 is 20.3 Å². The fourth-order valence-electron chi connectivity index (χ4n) is 3.51. The van der Waals surface area contributed by atoms with Gasteiger partial charge in [0.2, 0.25) is 5.91 Å². The summed E-state index contributed by atoms with van der Waals surface area (Å²) in [5.41, 5.74) is 6.35. The molecular formula is C23H24FN3O5. The maximum atomic E-state index is 14.0. The van der Waals surface area contributed by atoms with Crippen LogP contribution >= 0.6 is 0 Å². The molecule has 1 heterocycles. The van der Waals surface area contributed by atoms with E-state index in [1.165, 1.54) is 6.07 Å². The Labute approximate surface area is 183 Å². The average Bonchev–Trinajstić information content (AvgIpc) is 3.11. The number of amides is 1. The number of benzene rings is 2. The molecule has 32 heavy (non-hydrogen) atoms. The summed E-state index contributed by atoms with van der Waals surface area (Å²) < 4.78 is 24.8. The molecule has 0 fully saturated rings. The highest BCUT2D eigenvalue weighted by molar-refractivity contribution is 5.76. The third-order valence-corrected chi connectivity index (χ3v) is 4.91. The van der Waals surface area contributed by atoms with Crippen molar-refractivity contribution in [3.8, 4) is 5.75 Å². The van der Waals surface area contributed by atoms with E-state index in [2.05, 4.69) is 10.2 Å². The Morgan fingerprint density at radius 1 is 1.09 bits per heavy atom. The number of aromatic amines is 2. The van der Waals surface area contributed by atoms with E-state index >= 15 is 0 Å². The van der Waals surface area contributed by atoms with Crippen LogP contribution in [0.25, 0.3) is 0 Å². The van der Waals surface area contributed by atoms with E-state index in [1.807, 2.05) is 0 Å². The van der Waals surface area contributed by atoms with Crippen LogP contribution in [0.1, 0.15) is 41.6 Å². The molecule has 2 aromatic carbocycles. The van der Waals surface area contributed by atoms with Crippen molar-refractivity contribution in [3.63, 3.8) is 0 Å². The molecule has 3 rings (SSSR count). The van der Waals surface area contributed by atoms with Crippen LogP contribution in [0.3, 0.4) is 0 Å². The number of H-pyrrole nitrogens is 2. The van der Waals surface area contributed by atoms with E-state index in [-0.39, 0.29) is 31.6 Å². The maximum absolute atomic E-state index is 14.0. The number of nitrogens with one attached hydrogen (secondary N) is 2. The highest BCUT2D eigenvalue weighted by Gasteiger charge is 2.28. The monoisotopic (exact) mass is 441 g/mol. The van der Waals surface area contributed by atoms with Crippen LogP contribution in [0, 0.1) is 5.82 Å². The van der Waals surface area contributed by atoms with E-state index in [4.69, 9.17) is 15.2 Å². The fraction of sp³-hybridized carbons (Fsp3) is 0.261. The highest BCUT2D eigenvalue weighted by atomic mass is 19.1. The molecule has 3 aromatic rings. The number of hydrogen-bond donors (Lipinski definition) is 3. The SMILES string of the molecule is CCOC(=O)Cc1[nH][nH]c(=O)c1[C@@H](CC(N)=O)c1ccccc1OCc1ccccc1F. The van der Waals surface area contributed by atoms with Gasteiger partial charge in [-0.15, -0.1) is 0 Å². The van der Waals surface area contributed by atoms with Crippen molar-refractivity contribution in [1.82, 2.24) is 10.2 Å². The van der Waals surface area contributed by atoms with Crippen LogP contribution in [0.2, 0.25) is 0 Å². The highest BCUT2D eigenvalue weighted by Crippen LogP contribution is 2.34. The Bertz CT molecular complexity index is 1150. The molecule has 0 aliphatic heterocycles. The fourth-order valence-corrected chi connectivity index (χ4v) is 3.51. The first-order valence-electron chi connectivity index (χ1n) is 10.1. The molecule has 0 saturated heterocycles. The molecule has 1 amide bonds. The number of carbonyl (C=O) groups is 2. The molecule has 1 aromatic heterocycles. The first-order valence-corrected chi connectivity index (χ1v) is 10.1. The van der Waals surface area contributed by atoms with Gasteiger partial charge in [0, 0.05) is 29.0 Å². The summed E-state index contributed by atoms with van der Waals surface area (Å²) in [6.45, 7) is 1.82. The number of hydrogen-bond acceptors (Lipinski definition) is 5. The van der Waals surface area contributed by atoms with Crippen molar-refractivity contribution >= 4 is 11.9 Å². The van der Waals surface area contributed by atoms with Crippen LogP contribution in [0.5, 0.6) is 5.75 Å². The normalized spacial score (nSPS) is 11.7. The van der Waals surface area contributed by atoms with Gasteiger partial charge in [0.1, 0.15) is 18.2 Å². The number of aromatic nitrogens is 2. The van der Waals surface area contributed by atoms with Crippen LogP contribution in [-0.2, 0) is 27.4 Å². The zero-order chi connectivity index (χ0) is 23.1. The molecule has 4 N–H and O–H groups in total. The molecule has 9 heteroatoms. The standard InChI is InChI=1S/C23H24FN3O5/c1-2-31-21(29)12-18-22(23(30)27-26-18)16(11-20(25)28)15-8-4-6-10-19(15)32-13-14-7-3-5-9-17(14)24/h3-10,16H,2,11-13H2,1H3,(H2,25,28)(H2,26,27,30)/t16-/m0/s1. The summed E-state index contributed by atoms with van der Waals surface area (Å²) in [5.74, 6) is -1.99. The summed E-state index contributed by atoms with van der Waals surface area (Å²) in [7, 11) is 0. The van der Waals surface area contributed by atoms with Gasteiger partial charge in [-0.05, 0) is 19.1 Å². The molecular weight excluding hydrogens is 417 g/mol. The molecule has 0 aliphatic rings. The minimum atomic E-state index is -0.788. The topological polar surface area (TPSA) is 127 Å². The lowest BCUT2D eigenvalue weighted by Crippen LogP contribution is -2.22. The van der Waals surface area contributed by atoms with Crippen LogP contribution in [-0.4, -0.2) is 28.7 Å². The summed E-state index contributed by atoms with van der Waals surface area (Å²) in [5, 5.41) is 5.15. The van der Waals surface area contributed by atoms with E-state index < -0.39 is 29.2 Å². The predicted molar refractivity (Wildman–Crippen MR) is 115 cm³/mol. The van der Waals surface area contributed by atoms with Crippen LogP contribution in [0.4, 0.5) is 4.39 Å². The second-order valence-corrected chi connectivity index (χ2v) is 7.09. The van der Waals surface area contributed by atoms with Crippen molar-refractivity contribution in [3.05, 3.63) is 87.1 Å². The first kappa shape index (κ1) is 22.8. The Kier molecular flexibility index (Phi) is 7.43. The summed E-state index contributed by atoms with van der Waals surface area (Å²) in [6, 6.07) is 13.0. The molecule has 8 nitrogen and oxygen atoms in total. The third-order valence-electron chi connectivity index (χ3n) is 4.91. The number of esters is 1. The number of primary amides is 1. The number of nitrogens with two attached hydrogens (primary N) is 1. The number of ether oxygens (including phenoxy) is 2. The minimum Gasteiger partial charge on any atom is -0.488 e. The molecule has 168 valence electrons. The first-order chi connectivity index (χ1) is 15.4. The second kappa shape index (κ2) is 10.4. The Morgan fingerprint density at radius 3 is 2.53 bits per heavy atom. The maximum Gasteiger partial charge on any atom is 0.311 e. The molecule has 0 radical (unpaired) electrons. The molecule has 0 bridgehead atoms. The zero-order valence-electron chi connectivity index (χ0n) is 17.5. The quantitative estimate of drug-likeness (QED) is 0.417. The zero-order valence-corrected chi connectivity index (χ0v) is 17.5. The van der Waals surface area contributed by atoms with Gasteiger partial charge in [-0.25, -0.2) is 4.39 Å². The lowest BCUT2D eigenvalue weighted by molar-refractivity contribution is -0.142. The number of para-hydroxylation sites is 1. The lowest BCUT2D eigenvalue weighted by Gasteiger charge is -2.19. The van der Waals surface area contributed by atoms with Gasteiger partial charge >= 0.3 is 5.97 Å². The van der Waals surface area contributed by atoms with Gasteiger partial charge in [-0.2, -0.15) is 0 Å². The van der Waals surface area contributed by atoms with Crippen molar-refractivity contribution in [2.75, 3.05) is 6.61 Å². The summed E-state index contributed by atoms with van der Waals surface area (Å²) in [6.07, 6.45) is -0.383. The van der Waals surface area contributed by atoms with Crippen LogP contribution < -0.4 is 16.0 Å². The van der Waals surface area contributed by atoms with Gasteiger partial charge in [0.05, 0.1) is 18.7 Å². The van der Waals surface area contributed by atoms with Crippen molar-refractivity contribution < 1.29 is 23.5 Å². The van der Waals surface area contributed by atoms with Gasteiger partial charge in [0.15, 0.2) is 0 Å². The average molecular weight is 441 g/mol. The molecule has 0 spiro atoms. The predicted octanol–water partition coefficient (Wildman–Crippen LogP) is 2.53. The second-order valence-electron chi connectivity index (χ2n) is 7.09. The molecule has 1 atom stereocenters. The van der Waals surface area contributed by atoms with Crippen LogP contribution in [0.15, 0.2) is 53.3 Å². The van der Waals surface area contributed by atoms with E-state index in [0.717, 1.165) is 0 Å². The molecule has 0 saturated carbocycles. The molecule has 0 aliphatic carbocycles. The summed E-state index contributed by atoms with van der Waals surface area (Å²) in [4.78, 5) is 36.5. The van der Waals surface area contributed by atoms with Crippen molar-refractivity contribution in [1.29, 1.82) is 0 Å². The third kappa shape index (κ3) is 5.42.